The third-order valence-electron chi connectivity index (χ3n) is 5.21. The monoisotopic (exact) mass is 454 g/mol. The van der Waals surface area contributed by atoms with Crippen molar-refractivity contribution >= 4 is 29.0 Å². The van der Waals surface area contributed by atoms with Gasteiger partial charge in [-0.1, -0.05) is 32.4 Å². The Kier molecular flexibility index (Phi) is 6.49. The maximum absolute atomic E-state index is 12.8. The molecule has 1 aliphatic rings. The molecule has 7 nitrogen and oxygen atoms in total. The number of halogens is 1. The first-order chi connectivity index (χ1) is 14.9. The Morgan fingerprint density at radius 1 is 1.22 bits per heavy atom. The second-order valence-corrected chi connectivity index (χ2v) is 9.71. The van der Waals surface area contributed by atoms with Crippen LogP contribution in [0.25, 0.3) is 0 Å². The van der Waals surface area contributed by atoms with Crippen LogP contribution in [0.2, 0.25) is 5.02 Å². The fourth-order valence-corrected chi connectivity index (χ4v) is 3.56. The molecule has 2 aromatic carbocycles. The van der Waals surface area contributed by atoms with Gasteiger partial charge in [-0.15, -0.1) is 0 Å². The summed E-state index contributed by atoms with van der Waals surface area (Å²) in [7, 11) is 0. The number of aliphatic hydroxyl groups is 1. The maximum Gasteiger partial charge on any atom is 0.209 e. The summed E-state index contributed by atoms with van der Waals surface area (Å²) in [5, 5.41) is 26.4. The van der Waals surface area contributed by atoms with Crippen LogP contribution in [0.1, 0.15) is 56.6 Å². The van der Waals surface area contributed by atoms with Crippen LogP contribution in [0, 0.1) is 16.9 Å². The number of nitrogens with zero attached hydrogens (tertiary/aromatic N) is 2. The van der Waals surface area contributed by atoms with Crippen LogP contribution in [0.15, 0.2) is 47.5 Å². The van der Waals surface area contributed by atoms with Crippen molar-refractivity contribution in [3.05, 3.63) is 58.6 Å². The van der Waals surface area contributed by atoms with Gasteiger partial charge in [0.1, 0.15) is 23.5 Å². The summed E-state index contributed by atoms with van der Waals surface area (Å²) in [4.78, 5) is 17.5. The van der Waals surface area contributed by atoms with Crippen LogP contribution in [-0.4, -0.2) is 28.6 Å². The lowest BCUT2D eigenvalue weighted by Gasteiger charge is -2.41. The van der Waals surface area contributed by atoms with E-state index in [1.165, 1.54) is 0 Å². The van der Waals surface area contributed by atoms with Crippen LogP contribution < -0.4 is 15.4 Å². The van der Waals surface area contributed by atoms with Gasteiger partial charge in [-0.2, -0.15) is 5.26 Å². The number of nitrogens with one attached hydrogen (secondary N) is 2. The zero-order chi connectivity index (χ0) is 23.7. The molecule has 0 bridgehead atoms. The highest BCUT2D eigenvalue weighted by atomic mass is 35.5. The molecule has 2 aromatic rings. The molecule has 0 fully saturated rings. The average Bonchev–Trinajstić information content (AvgIpc) is 2.71. The fourth-order valence-electron chi connectivity index (χ4n) is 3.44. The van der Waals surface area contributed by atoms with E-state index < -0.39 is 23.2 Å². The summed E-state index contributed by atoms with van der Waals surface area (Å²) in [5.74, 6) is 0.648. The van der Waals surface area contributed by atoms with Crippen molar-refractivity contribution < 1.29 is 14.6 Å². The molecule has 168 valence electrons. The Morgan fingerprint density at radius 3 is 2.47 bits per heavy atom. The predicted octanol–water partition coefficient (Wildman–Crippen LogP) is 4.68. The third-order valence-corrected chi connectivity index (χ3v) is 5.46. The summed E-state index contributed by atoms with van der Waals surface area (Å²) < 4.78 is 6.00. The molecular weight excluding hydrogens is 428 g/mol. The van der Waals surface area contributed by atoms with E-state index in [-0.39, 0.29) is 11.7 Å². The minimum Gasteiger partial charge on any atom is -0.485 e. The van der Waals surface area contributed by atoms with Crippen LogP contribution in [-0.2, 0) is 0 Å². The Morgan fingerprint density at radius 2 is 1.88 bits per heavy atom. The summed E-state index contributed by atoms with van der Waals surface area (Å²) in [5.41, 5.74) is 0.238. The minimum atomic E-state index is -1.03. The van der Waals surface area contributed by atoms with Gasteiger partial charge in [0, 0.05) is 27.3 Å². The highest BCUT2D eigenvalue weighted by Gasteiger charge is 2.43. The number of Topliss-reactive ketones (excluding diaryl/α,β-unsaturated/α-hetero) is 1. The largest absolute Gasteiger partial charge is 0.485 e. The predicted molar refractivity (Wildman–Crippen MR) is 125 cm³/mol. The van der Waals surface area contributed by atoms with Gasteiger partial charge >= 0.3 is 0 Å². The second-order valence-electron chi connectivity index (χ2n) is 9.27. The van der Waals surface area contributed by atoms with E-state index in [0.717, 1.165) is 0 Å². The number of carbonyl (C=O) groups excluding carboxylic acids is 1. The molecule has 0 radical (unpaired) electrons. The number of fused-ring (bicyclic) bond motifs is 1. The molecule has 3 rings (SSSR count). The molecule has 3 N–H and O–H groups in total. The SMILES string of the molecule is CC(C)(C)C(=O)c1ccc2c(c1)[C@@H](N=C(NC#N)Nc1ccc(Cl)cc1)[C@H](O)C(C)(C)O2. The smallest absolute Gasteiger partial charge is 0.209 e. The molecule has 8 heteroatoms. The van der Waals surface area contributed by atoms with Crippen molar-refractivity contribution in [3.8, 4) is 11.9 Å². The van der Waals surface area contributed by atoms with Crippen LogP contribution in [0.4, 0.5) is 5.69 Å². The third kappa shape index (κ3) is 5.04. The fraction of sp³-hybridized carbons (Fsp3) is 0.375. The first-order valence-corrected chi connectivity index (χ1v) is 10.6. The lowest BCUT2D eigenvalue weighted by Crippen LogP contribution is -2.49. The zero-order valence-electron chi connectivity index (χ0n) is 18.7. The van der Waals surface area contributed by atoms with E-state index in [4.69, 9.17) is 16.3 Å². The van der Waals surface area contributed by atoms with E-state index in [2.05, 4.69) is 15.6 Å². The number of anilines is 1. The van der Waals surface area contributed by atoms with Crippen LogP contribution >= 0.6 is 11.6 Å². The summed E-state index contributed by atoms with van der Waals surface area (Å²) in [6, 6.07) is 11.3. The van der Waals surface area contributed by atoms with Crippen LogP contribution in [0.3, 0.4) is 0 Å². The van der Waals surface area contributed by atoms with E-state index in [1.54, 1.807) is 56.3 Å². The van der Waals surface area contributed by atoms with Crippen molar-refractivity contribution in [1.82, 2.24) is 5.32 Å². The minimum absolute atomic E-state index is 0.0305. The number of aliphatic imine (C=N–C) groups is 1. The first-order valence-electron chi connectivity index (χ1n) is 10.2. The zero-order valence-corrected chi connectivity index (χ0v) is 19.5. The van der Waals surface area contributed by atoms with Gasteiger partial charge in [-0.05, 0) is 56.3 Å². The quantitative estimate of drug-likeness (QED) is 0.204. The molecular formula is C24H27ClN4O3. The van der Waals surface area contributed by atoms with E-state index in [9.17, 15) is 15.2 Å². The molecule has 0 aliphatic carbocycles. The summed E-state index contributed by atoms with van der Waals surface area (Å²) >= 11 is 5.94. The molecule has 32 heavy (non-hydrogen) atoms. The van der Waals surface area contributed by atoms with Crippen molar-refractivity contribution in [2.75, 3.05) is 5.32 Å². The van der Waals surface area contributed by atoms with Gasteiger partial charge in [0.05, 0.1) is 0 Å². The number of ether oxygens (including phenoxy) is 1. The Labute approximate surface area is 193 Å². The molecule has 0 saturated carbocycles. The van der Waals surface area contributed by atoms with E-state index in [1.807, 2.05) is 27.0 Å². The first kappa shape index (κ1) is 23.6. The van der Waals surface area contributed by atoms with E-state index in [0.29, 0.717) is 27.6 Å². The number of rotatable bonds is 3. The molecule has 2 atom stereocenters. The van der Waals surface area contributed by atoms with Crippen molar-refractivity contribution in [3.63, 3.8) is 0 Å². The average molecular weight is 455 g/mol. The normalized spacial score (nSPS) is 19.9. The molecule has 0 aromatic heterocycles. The number of carbonyl (C=O) groups is 1. The van der Waals surface area contributed by atoms with Gasteiger partial charge in [0.25, 0.3) is 0 Å². The standard InChI is InChI=1S/C24H27ClN4O3/c1-23(2,3)20(30)14-6-11-18-17(12-14)19(21(31)24(4,5)32-18)29-22(27-13-26)28-16-9-7-15(25)8-10-16/h6-12,19,21,31H,1-5H3,(H2,27,28,29)/t19-,21+/m1/s1. The van der Waals surface area contributed by atoms with Gasteiger partial charge in [-0.3, -0.25) is 10.1 Å². The molecule has 1 aliphatic heterocycles. The van der Waals surface area contributed by atoms with Crippen molar-refractivity contribution in [1.29, 1.82) is 5.26 Å². The molecule has 0 amide bonds. The number of nitriles is 1. The number of aliphatic hydroxyl groups excluding tert-OH is 1. The topological polar surface area (TPSA) is 107 Å². The van der Waals surface area contributed by atoms with Gasteiger partial charge < -0.3 is 15.2 Å². The van der Waals surface area contributed by atoms with Gasteiger partial charge in [-0.25, -0.2) is 4.99 Å². The molecule has 0 saturated heterocycles. The Hall–Kier alpha value is -3.08. The molecule has 0 unspecified atom stereocenters. The summed E-state index contributed by atoms with van der Waals surface area (Å²) in [6.45, 7) is 9.08. The highest BCUT2D eigenvalue weighted by molar-refractivity contribution is 6.30. The summed E-state index contributed by atoms with van der Waals surface area (Å²) in [6.07, 6.45) is 0.832. The maximum atomic E-state index is 12.8. The lowest BCUT2D eigenvalue weighted by molar-refractivity contribution is -0.0567. The molecule has 1 heterocycles. The lowest BCUT2D eigenvalue weighted by atomic mass is 9.82. The van der Waals surface area contributed by atoms with Gasteiger partial charge in [0.2, 0.25) is 5.96 Å². The van der Waals surface area contributed by atoms with Gasteiger partial charge in [0.15, 0.2) is 12.0 Å². The molecule has 0 spiro atoms. The van der Waals surface area contributed by atoms with E-state index >= 15 is 0 Å². The highest BCUT2D eigenvalue weighted by Crippen LogP contribution is 2.43. The number of hydrogen-bond donors (Lipinski definition) is 3. The van der Waals surface area contributed by atoms with Crippen LogP contribution in [0.5, 0.6) is 5.75 Å². The Balaban J connectivity index is 2.07. The number of ketones is 1. The van der Waals surface area contributed by atoms with Crippen molar-refractivity contribution in [2.45, 2.75) is 52.4 Å². The number of hydrogen-bond acceptors (Lipinski definition) is 5. The second kappa shape index (κ2) is 8.81. The Bertz CT molecular complexity index is 1080. The van der Waals surface area contributed by atoms with Crippen molar-refractivity contribution in [2.24, 2.45) is 10.4 Å². The number of benzene rings is 2. The number of guanidine groups is 1.